The summed E-state index contributed by atoms with van der Waals surface area (Å²) in [6, 6.07) is 52.8. The van der Waals surface area contributed by atoms with Crippen LogP contribution in [0.15, 0.2) is 233 Å². The standard InChI is InChI=1S/C64H51NO11/c1-6-60(66)72-43-71-40-39-44-11-25-51(26-12-44)65(52-27-13-45(14-28-52)41-58(47-17-31-54(32-18-47)73-61(67)7-2)48-19-33-55(34-20-48)74-62(68)8-3)53-29-15-46(16-30-53)42-59(49-21-35-56(36-22-49)75-63(69)9-4)50-23-37-57(38-24-50)76-64(70)10-5/h6-38,41-42H,1-5,39-40,43H2. The smallest absolute Gasteiger partial charge is 0.335 e. The molecule has 0 atom stereocenters. The molecule has 0 heterocycles. The molecule has 0 saturated heterocycles. The second-order valence-electron chi connectivity index (χ2n) is 16.3. The van der Waals surface area contributed by atoms with Gasteiger partial charge in [-0.25, -0.2) is 24.0 Å². The van der Waals surface area contributed by atoms with Crippen molar-refractivity contribution < 1.29 is 52.4 Å². The highest BCUT2D eigenvalue weighted by Gasteiger charge is 2.16. The number of hydrogen-bond donors (Lipinski definition) is 0. The van der Waals surface area contributed by atoms with Crippen molar-refractivity contribution >= 4 is 70.2 Å². The molecule has 0 radical (unpaired) electrons. The Morgan fingerprint density at radius 3 is 0.947 bits per heavy atom. The summed E-state index contributed by atoms with van der Waals surface area (Å²) in [5.74, 6) is -1.39. The number of carbonyl (C=O) groups excluding carboxylic acids is 5. The molecule has 12 heteroatoms. The van der Waals surface area contributed by atoms with Crippen molar-refractivity contribution in [2.45, 2.75) is 6.42 Å². The third-order valence-corrected chi connectivity index (χ3v) is 11.3. The molecular weight excluding hydrogens is 959 g/mol. The van der Waals surface area contributed by atoms with E-state index in [1.54, 1.807) is 48.5 Å². The number of hydrogen-bond acceptors (Lipinski definition) is 12. The van der Waals surface area contributed by atoms with Crippen LogP contribution in [-0.4, -0.2) is 43.2 Å². The molecule has 0 spiro atoms. The highest BCUT2D eigenvalue weighted by atomic mass is 16.7. The molecule has 0 aliphatic carbocycles. The molecule has 0 fully saturated rings. The van der Waals surface area contributed by atoms with Gasteiger partial charge in [-0.05, 0) is 154 Å². The first-order valence-corrected chi connectivity index (χ1v) is 23.6. The first kappa shape index (κ1) is 53.6. The largest absolute Gasteiger partial charge is 0.435 e. The van der Waals surface area contributed by atoms with Crippen LogP contribution in [0.2, 0.25) is 0 Å². The topological polar surface area (TPSA) is 144 Å². The molecule has 7 rings (SSSR count). The van der Waals surface area contributed by atoms with Crippen LogP contribution in [0.1, 0.15) is 38.9 Å². The van der Waals surface area contributed by atoms with Gasteiger partial charge in [0.1, 0.15) is 23.0 Å². The lowest BCUT2D eigenvalue weighted by molar-refractivity contribution is -0.150. The Bertz CT molecular complexity index is 2970. The highest BCUT2D eigenvalue weighted by Crippen LogP contribution is 2.37. The van der Waals surface area contributed by atoms with E-state index in [0.29, 0.717) is 36.0 Å². The molecule has 76 heavy (non-hydrogen) atoms. The van der Waals surface area contributed by atoms with Crippen LogP contribution in [0.3, 0.4) is 0 Å². The maximum absolute atomic E-state index is 11.9. The van der Waals surface area contributed by atoms with Crippen molar-refractivity contribution in [3.63, 3.8) is 0 Å². The van der Waals surface area contributed by atoms with Crippen molar-refractivity contribution in [1.29, 1.82) is 0 Å². The lowest BCUT2D eigenvalue weighted by Crippen LogP contribution is -2.10. The van der Waals surface area contributed by atoms with Gasteiger partial charge in [-0.2, -0.15) is 0 Å². The van der Waals surface area contributed by atoms with Crippen molar-refractivity contribution in [3.8, 4) is 23.0 Å². The first-order chi connectivity index (χ1) is 36.9. The zero-order chi connectivity index (χ0) is 53.8. The van der Waals surface area contributed by atoms with E-state index in [-0.39, 0.29) is 6.79 Å². The fraction of sp³-hybridized carbons (Fsp3) is 0.0469. The Morgan fingerprint density at radius 1 is 0.368 bits per heavy atom. The van der Waals surface area contributed by atoms with Crippen LogP contribution in [0, 0.1) is 0 Å². The molecule has 7 aromatic carbocycles. The maximum atomic E-state index is 11.9. The van der Waals surface area contributed by atoms with E-state index in [0.717, 1.165) is 97.5 Å². The van der Waals surface area contributed by atoms with Crippen molar-refractivity contribution in [2.75, 3.05) is 18.3 Å². The van der Waals surface area contributed by atoms with E-state index in [2.05, 4.69) is 37.8 Å². The summed E-state index contributed by atoms with van der Waals surface area (Å²) < 4.78 is 31.8. The van der Waals surface area contributed by atoms with Crippen LogP contribution in [0.4, 0.5) is 17.1 Å². The van der Waals surface area contributed by atoms with Gasteiger partial charge in [-0.1, -0.05) is 118 Å². The van der Waals surface area contributed by atoms with Crippen LogP contribution in [0.25, 0.3) is 23.3 Å². The monoisotopic (exact) mass is 1010 g/mol. The number of rotatable bonds is 23. The van der Waals surface area contributed by atoms with Gasteiger partial charge in [-0.3, -0.25) is 0 Å². The van der Waals surface area contributed by atoms with Gasteiger partial charge >= 0.3 is 29.8 Å². The van der Waals surface area contributed by atoms with Gasteiger partial charge in [0.05, 0.1) is 6.61 Å². The van der Waals surface area contributed by atoms with Gasteiger partial charge in [-0.15, -0.1) is 0 Å². The fourth-order valence-electron chi connectivity index (χ4n) is 7.55. The minimum absolute atomic E-state index is 0.173. The minimum Gasteiger partial charge on any atom is -0.435 e. The molecule has 0 unspecified atom stereocenters. The zero-order valence-electron chi connectivity index (χ0n) is 41.3. The molecule has 0 saturated carbocycles. The Balaban J connectivity index is 1.25. The van der Waals surface area contributed by atoms with Crippen LogP contribution in [-0.2, 0) is 39.9 Å². The second-order valence-corrected chi connectivity index (χ2v) is 16.3. The molecule has 12 nitrogen and oxygen atoms in total. The second kappa shape index (κ2) is 26.5. The number of esters is 5. The van der Waals surface area contributed by atoms with Crippen molar-refractivity contribution in [1.82, 2.24) is 0 Å². The number of ether oxygens (including phenoxy) is 6. The van der Waals surface area contributed by atoms with Crippen molar-refractivity contribution in [3.05, 3.63) is 272 Å². The first-order valence-electron chi connectivity index (χ1n) is 23.6. The lowest BCUT2D eigenvalue weighted by atomic mass is 9.95. The summed E-state index contributed by atoms with van der Waals surface area (Å²) in [5.41, 5.74) is 10.4. The van der Waals surface area contributed by atoms with Crippen LogP contribution in [0.5, 0.6) is 23.0 Å². The third-order valence-electron chi connectivity index (χ3n) is 11.3. The fourth-order valence-corrected chi connectivity index (χ4v) is 7.55. The number of anilines is 3. The summed E-state index contributed by atoms with van der Waals surface area (Å²) in [6.45, 7) is 17.5. The Morgan fingerprint density at radius 2 is 0.658 bits per heavy atom. The van der Waals surface area contributed by atoms with E-state index < -0.39 is 29.8 Å². The number of benzene rings is 7. The van der Waals surface area contributed by atoms with Crippen LogP contribution >= 0.6 is 0 Å². The summed E-state index contributed by atoms with van der Waals surface area (Å²) in [5, 5.41) is 0. The minimum atomic E-state index is -0.570. The third kappa shape index (κ3) is 14.9. The zero-order valence-corrected chi connectivity index (χ0v) is 41.3. The summed E-state index contributed by atoms with van der Waals surface area (Å²) in [6.07, 6.45) is 10.1. The van der Waals surface area contributed by atoms with Gasteiger partial charge in [0.15, 0.2) is 6.79 Å². The molecule has 0 aliphatic heterocycles. The van der Waals surface area contributed by atoms with Crippen LogP contribution < -0.4 is 23.8 Å². The highest BCUT2D eigenvalue weighted by molar-refractivity contribution is 5.94. The quantitative estimate of drug-likeness (QED) is 0.0150. The molecular formula is C64H51NO11. The van der Waals surface area contributed by atoms with Gasteiger partial charge in [0, 0.05) is 47.4 Å². The molecule has 0 bridgehead atoms. The van der Waals surface area contributed by atoms with E-state index in [1.165, 1.54) is 0 Å². The lowest BCUT2D eigenvalue weighted by Gasteiger charge is -2.26. The molecule has 0 aromatic heterocycles. The maximum Gasteiger partial charge on any atom is 0.335 e. The molecule has 0 amide bonds. The number of carbonyl (C=O) groups is 5. The Labute approximate surface area is 440 Å². The average molecular weight is 1010 g/mol. The predicted molar refractivity (Wildman–Crippen MR) is 295 cm³/mol. The van der Waals surface area contributed by atoms with E-state index in [1.807, 2.05) is 133 Å². The summed E-state index contributed by atoms with van der Waals surface area (Å²) >= 11 is 0. The predicted octanol–water partition coefficient (Wildman–Crippen LogP) is 12.9. The van der Waals surface area contributed by atoms with Gasteiger partial charge in [0.25, 0.3) is 0 Å². The van der Waals surface area contributed by atoms with Gasteiger partial charge < -0.3 is 33.3 Å². The molecule has 0 aliphatic rings. The molecule has 0 N–H and O–H groups in total. The van der Waals surface area contributed by atoms with Gasteiger partial charge in [0.2, 0.25) is 0 Å². The van der Waals surface area contributed by atoms with Crippen molar-refractivity contribution in [2.24, 2.45) is 0 Å². The Hall–Kier alpha value is -10.2. The van der Waals surface area contributed by atoms with E-state index in [9.17, 15) is 24.0 Å². The normalized spacial score (nSPS) is 10.3. The molecule has 378 valence electrons. The molecule has 7 aromatic rings. The van der Waals surface area contributed by atoms with E-state index >= 15 is 0 Å². The Kier molecular flexibility index (Phi) is 18.7. The SMILES string of the molecule is C=CC(=O)OCOCCc1ccc(N(c2ccc(C=C(c3ccc(OC(=O)C=C)cc3)c3ccc(OC(=O)C=C)cc3)cc2)c2ccc(C=C(c3ccc(OC(=O)C=C)cc3)c3ccc(OC(=O)C=C)cc3)cc2)cc1. The summed E-state index contributed by atoms with van der Waals surface area (Å²) in [4.78, 5) is 61.3. The number of nitrogens with zero attached hydrogens (tertiary/aromatic N) is 1. The summed E-state index contributed by atoms with van der Waals surface area (Å²) in [7, 11) is 0. The average Bonchev–Trinajstić information content (AvgIpc) is 3.46. The van der Waals surface area contributed by atoms with E-state index in [4.69, 9.17) is 28.4 Å².